The number of aromatic carboxylic acids is 1. The van der Waals surface area contributed by atoms with E-state index < -0.39 is 5.97 Å². The molecular formula is C23H29ClO3S. The van der Waals surface area contributed by atoms with Crippen LogP contribution in [0.5, 0.6) is 0 Å². The molecule has 4 atom stereocenters. The summed E-state index contributed by atoms with van der Waals surface area (Å²) in [7, 11) is 0. The molecule has 0 aliphatic heterocycles. The summed E-state index contributed by atoms with van der Waals surface area (Å²) in [6, 6.07) is 12.2. The zero-order chi connectivity index (χ0) is 20.1. The van der Waals surface area contributed by atoms with E-state index in [9.17, 15) is 9.90 Å². The molecule has 2 aromatic rings. The number of carboxylic acid groups (broad SMARTS) is 1. The third-order valence-electron chi connectivity index (χ3n) is 5.89. The Hall–Kier alpha value is -1.36. The first-order valence-corrected chi connectivity index (χ1v) is 11.4. The highest BCUT2D eigenvalue weighted by Gasteiger charge is 2.40. The fourth-order valence-corrected chi connectivity index (χ4v) is 5.87. The van der Waals surface area contributed by atoms with Gasteiger partial charge in [-0.2, -0.15) is 0 Å². The maximum atomic E-state index is 11.0. The first kappa shape index (κ1) is 21.4. The zero-order valence-electron chi connectivity index (χ0n) is 16.3. The summed E-state index contributed by atoms with van der Waals surface area (Å²) >= 11 is 7.93. The third kappa shape index (κ3) is 5.59. The molecule has 1 saturated carbocycles. The van der Waals surface area contributed by atoms with Gasteiger partial charge in [-0.25, -0.2) is 4.79 Å². The largest absolute Gasteiger partial charge is 0.477 e. The normalized spacial score (nSPS) is 24.5. The molecule has 5 heteroatoms. The smallest absolute Gasteiger partial charge is 0.345 e. The molecule has 3 rings (SSSR count). The summed E-state index contributed by atoms with van der Waals surface area (Å²) in [5, 5.41) is 19.6. The van der Waals surface area contributed by atoms with Crippen molar-refractivity contribution in [3.05, 3.63) is 57.3 Å². The van der Waals surface area contributed by atoms with Crippen molar-refractivity contribution >= 4 is 28.9 Å². The average molecular weight is 421 g/mol. The molecule has 28 heavy (non-hydrogen) atoms. The molecule has 1 heterocycles. The van der Waals surface area contributed by atoms with Gasteiger partial charge in [0, 0.05) is 10.3 Å². The van der Waals surface area contributed by atoms with Crippen LogP contribution in [0.3, 0.4) is 0 Å². The summed E-state index contributed by atoms with van der Waals surface area (Å²) in [6.07, 6.45) is 6.34. The number of thiophene rings is 1. The minimum atomic E-state index is -0.857. The quantitative estimate of drug-likeness (QED) is 0.511. The molecule has 1 aliphatic rings. The van der Waals surface area contributed by atoms with Crippen molar-refractivity contribution in [3.63, 3.8) is 0 Å². The molecule has 3 nitrogen and oxygen atoms in total. The predicted octanol–water partition coefficient (Wildman–Crippen LogP) is 5.70. The second kappa shape index (κ2) is 9.91. The summed E-state index contributed by atoms with van der Waals surface area (Å²) in [5.41, 5.74) is 2.65. The number of hydrogen-bond acceptors (Lipinski definition) is 3. The van der Waals surface area contributed by atoms with Crippen LogP contribution >= 0.6 is 22.9 Å². The first-order valence-electron chi connectivity index (χ1n) is 10.1. The van der Waals surface area contributed by atoms with E-state index in [1.165, 1.54) is 22.5 Å². The molecule has 0 amide bonds. The van der Waals surface area contributed by atoms with Crippen molar-refractivity contribution in [1.82, 2.24) is 0 Å². The fraction of sp³-hybridized carbons (Fsp3) is 0.522. The van der Waals surface area contributed by atoms with E-state index >= 15 is 0 Å². The van der Waals surface area contributed by atoms with Crippen LogP contribution in [-0.2, 0) is 12.8 Å². The Morgan fingerprint density at radius 2 is 1.89 bits per heavy atom. The summed E-state index contributed by atoms with van der Waals surface area (Å²) in [6.45, 7) is 2.12. The summed E-state index contributed by atoms with van der Waals surface area (Å²) in [5.74, 6) is -0.247. The summed E-state index contributed by atoms with van der Waals surface area (Å²) < 4.78 is 0. The minimum absolute atomic E-state index is 0.0388. The maximum Gasteiger partial charge on any atom is 0.345 e. The molecule has 1 fully saturated rings. The van der Waals surface area contributed by atoms with Gasteiger partial charge in [0.1, 0.15) is 4.88 Å². The molecule has 0 radical (unpaired) electrons. The predicted molar refractivity (Wildman–Crippen MR) is 116 cm³/mol. The lowest BCUT2D eigenvalue weighted by atomic mass is 9.85. The Morgan fingerprint density at radius 1 is 1.14 bits per heavy atom. The number of rotatable bonds is 9. The monoisotopic (exact) mass is 420 g/mol. The maximum absolute atomic E-state index is 11.0. The van der Waals surface area contributed by atoms with Gasteiger partial charge in [-0.3, -0.25) is 0 Å². The van der Waals surface area contributed by atoms with E-state index in [-0.39, 0.29) is 17.4 Å². The van der Waals surface area contributed by atoms with E-state index in [1.807, 2.05) is 6.07 Å². The van der Waals surface area contributed by atoms with Gasteiger partial charge in [0.2, 0.25) is 0 Å². The number of aliphatic hydroxyl groups excluding tert-OH is 1. The molecule has 0 spiro atoms. The van der Waals surface area contributed by atoms with Crippen LogP contribution in [0.4, 0.5) is 0 Å². The van der Waals surface area contributed by atoms with Crippen LogP contribution in [0.25, 0.3) is 0 Å². The molecule has 0 bridgehead atoms. The van der Waals surface area contributed by atoms with Crippen LogP contribution in [0.2, 0.25) is 0 Å². The van der Waals surface area contributed by atoms with Gasteiger partial charge in [-0.05, 0) is 81.4 Å². The number of halogens is 1. The minimum Gasteiger partial charge on any atom is -0.477 e. The molecular weight excluding hydrogens is 392 g/mol. The van der Waals surface area contributed by atoms with E-state index in [0.29, 0.717) is 17.2 Å². The van der Waals surface area contributed by atoms with Crippen LogP contribution in [0, 0.1) is 18.8 Å². The van der Waals surface area contributed by atoms with Crippen molar-refractivity contribution in [3.8, 4) is 0 Å². The SMILES string of the molecule is Cc1cccc(CCC[C@@H]2[C@@H](CCCc3ccc(C(=O)O)s3)[C@H](Cl)C[C@H]2O)c1. The highest BCUT2D eigenvalue weighted by Crippen LogP contribution is 2.42. The standard InChI is InChI=1S/C23H29ClO3S/c1-15-5-2-6-16(13-15)7-3-10-19-18(20(24)14-21(19)25)9-4-8-17-11-12-22(28-17)23(26)27/h2,5-6,11-13,18-21,25H,3-4,7-10,14H2,1H3,(H,26,27)/t18-,19-,20-,21-/m1/s1. The van der Waals surface area contributed by atoms with E-state index in [0.717, 1.165) is 43.4 Å². The van der Waals surface area contributed by atoms with Crippen LogP contribution in [0.1, 0.15) is 57.8 Å². The lowest BCUT2D eigenvalue weighted by molar-refractivity contribution is 0.0702. The van der Waals surface area contributed by atoms with Gasteiger partial charge < -0.3 is 10.2 Å². The first-order chi connectivity index (χ1) is 13.4. The Kier molecular flexibility index (Phi) is 7.55. The van der Waals surface area contributed by atoms with E-state index in [4.69, 9.17) is 16.7 Å². The van der Waals surface area contributed by atoms with Crippen LogP contribution < -0.4 is 0 Å². The number of aryl methyl sites for hydroxylation is 3. The van der Waals surface area contributed by atoms with Crippen molar-refractivity contribution in [2.24, 2.45) is 11.8 Å². The number of alkyl halides is 1. The Balaban J connectivity index is 1.49. The van der Waals surface area contributed by atoms with Gasteiger partial charge in [0.05, 0.1) is 6.10 Å². The van der Waals surface area contributed by atoms with Gasteiger partial charge in [0.25, 0.3) is 0 Å². The van der Waals surface area contributed by atoms with Crippen molar-refractivity contribution in [2.45, 2.75) is 63.4 Å². The number of carbonyl (C=O) groups is 1. The highest BCUT2D eigenvalue weighted by molar-refractivity contribution is 7.13. The zero-order valence-corrected chi connectivity index (χ0v) is 17.9. The van der Waals surface area contributed by atoms with E-state index in [2.05, 4.69) is 31.2 Å². The number of benzene rings is 1. The molecule has 2 N–H and O–H groups in total. The van der Waals surface area contributed by atoms with E-state index in [1.54, 1.807) is 6.07 Å². The lowest BCUT2D eigenvalue weighted by Crippen LogP contribution is -2.21. The van der Waals surface area contributed by atoms with Gasteiger partial charge in [0.15, 0.2) is 0 Å². The van der Waals surface area contributed by atoms with Crippen LogP contribution in [-0.4, -0.2) is 27.7 Å². The van der Waals surface area contributed by atoms with Crippen LogP contribution in [0.15, 0.2) is 36.4 Å². The van der Waals surface area contributed by atoms with Crippen molar-refractivity contribution in [2.75, 3.05) is 0 Å². The number of carboxylic acids is 1. The topological polar surface area (TPSA) is 57.5 Å². The molecule has 0 unspecified atom stereocenters. The van der Waals surface area contributed by atoms with Gasteiger partial charge in [-0.1, -0.05) is 29.8 Å². The Bertz CT molecular complexity index is 788. The fourth-order valence-electron chi connectivity index (χ4n) is 4.48. The summed E-state index contributed by atoms with van der Waals surface area (Å²) in [4.78, 5) is 12.5. The second-order valence-electron chi connectivity index (χ2n) is 7.99. The lowest BCUT2D eigenvalue weighted by Gasteiger charge is -2.23. The van der Waals surface area contributed by atoms with Crippen molar-refractivity contribution < 1.29 is 15.0 Å². The molecule has 1 aliphatic carbocycles. The number of hydrogen-bond donors (Lipinski definition) is 2. The number of aliphatic hydroxyl groups is 1. The van der Waals surface area contributed by atoms with Gasteiger partial charge in [-0.15, -0.1) is 22.9 Å². The molecule has 1 aromatic carbocycles. The average Bonchev–Trinajstić information content (AvgIpc) is 3.21. The Labute approximate surface area is 176 Å². The highest BCUT2D eigenvalue weighted by atomic mass is 35.5. The van der Waals surface area contributed by atoms with Crippen molar-refractivity contribution in [1.29, 1.82) is 0 Å². The molecule has 0 saturated heterocycles. The second-order valence-corrected chi connectivity index (χ2v) is 9.72. The molecule has 1 aromatic heterocycles. The Morgan fingerprint density at radius 3 is 2.61 bits per heavy atom. The molecule has 152 valence electrons. The third-order valence-corrected chi connectivity index (χ3v) is 7.53. The van der Waals surface area contributed by atoms with Gasteiger partial charge >= 0.3 is 5.97 Å².